The number of nitrogens with one attached hydrogen (secondary N) is 1. The van der Waals surface area contributed by atoms with Crippen molar-refractivity contribution in [2.45, 2.75) is 26.3 Å². The van der Waals surface area contributed by atoms with Crippen LogP contribution in [0.4, 0.5) is 0 Å². The van der Waals surface area contributed by atoms with Crippen LogP contribution in [0.5, 0.6) is 0 Å². The standard InChI is InChI=1S/C11H16N2/c1-11(2)7-10(13-8-11)9-3-5-12-6-4-9/h3-6,10,13H,7-8H2,1-2H3. The highest BCUT2D eigenvalue weighted by atomic mass is 15.0. The molecule has 0 radical (unpaired) electrons. The number of pyridine rings is 1. The van der Waals surface area contributed by atoms with Crippen LogP contribution in [0.25, 0.3) is 0 Å². The largest absolute Gasteiger partial charge is 0.309 e. The van der Waals surface area contributed by atoms with Crippen molar-refractivity contribution in [3.8, 4) is 0 Å². The van der Waals surface area contributed by atoms with Gasteiger partial charge < -0.3 is 5.32 Å². The van der Waals surface area contributed by atoms with E-state index in [9.17, 15) is 0 Å². The van der Waals surface area contributed by atoms with Gasteiger partial charge in [-0.1, -0.05) is 13.8 Å². The molecule has 1 aromatic heterocycles. The van der Waals surface area contributed by atoms with Crippen LogP contribution >= 0.6 is 0 Å². The SMILES string of the molecule is CC1(C)CNC(c2ccncc2)C1. The molecule has 2 heterocycles. The second-order valence-electron chi connectivity index (χ2n) is 4.58. The Balaban J connectivity index is 2.13. The number of hydrogen-bond acceptors (Lipinski definition) is 2. The van der Waals surface area contributed by atoms with Gasteiger partial charge in [-0.05, 0) is 29.5 Å². The van der Waals surface area contributed by atoms with Crippen LogP contribution in [0.2, 0.25) is 0 Å². The van der Waals surface area contributed by atoms with Crippen LogP contribution in [0.15, 0.2) is 24.5 Å². The number of rotatable bonds is 1. The first-order valence-corrected chi connectivity index (χ1v) is 4.81. The maximum Gasteiger partial charge on any atom is 0.0327 e. The molecule has 2 rings (SSSR count). The number of hydrogen-bond donors (Lipinski definition) is 1. The van der Waals surface area contributed by atoms with Crippen molar-refractivity contribution in [2.75, 3.05) is 6.54 Å². The summed E-state index contributed by atoms with van der Waals surface area (Å²) < 4.78 is 0. The van der Waals surface area contributed by atoms with Crippen LogP contribution in [0, 0.1) is 5.41 Å². The zero-order valence-electron chi connectivity index (χ0n) is 8.25. The summed E-state index contributed by atoms with van der Waals surface area (Å²) in [5.41, 5.74) is 1.80. The molecule has 2 heteroatoms. The summed E-state index contributed by atoms with van der Waals surface area (Å²) in [5, 5.41) is 3.54. The minimum Gasteiger partial charge on any atom is -0.309 e. The van der Waals surface area contributed by atoms with Gasteiger partial charge in [0, 0.05) is 25.0 Å². The van der Waals surface area contributed by atoms with Crippen LogP contribution in [-0.4, -0.2) is 11.5 Å². The molecule has 1 aromatic rings. The molecule has 0 aromatic carbocycles. The minimum atomic E-state index is 0.438. The van der Waals surface area contributed by atoms with Gasteiger partial charge in [-0.2, -0.15) is 0 Å². The Kier molecular flexibility index (Phi) is 2.08. The van der Waals surface area contributed by atoms with Gasteiger partial charge in [-0.25, -0.2) is 0 Å². The molecule has 1 aliphatic heterocycles. The van der Waals surface area contributed by atoms with Crippen LogP contribution < -0.4 is 5.32 Å². The number of nitrogens with zero attached hydrogens (tertiary/aromatic N) is 1. The Hall–Kier alpha value is -0.890. The van der Waals surface area contributed by atoms with E-state index in [1.54, 1.807) is 0 Å². The molecular formula is C11H16N2. The monoisotopic (exact) mass is 176 g/mol. The van der Waals surface area contributed by atoms with E-state index in [0.717, 1.165) is 6.54 Å². The summed E-state index contributed by atoms with van der Waals surface area (Å²) in [7, 11) is 0. The van der Waals surface area contributed by atoms with Gasteiger partial charge in [-0.3, -0.25) is 4.98 Å². The zero-order valence-corrected chi connectivity index (χ0v) is 8.25. The lowest BCUT2D eigenvalue weighted by molar-refractivity contribution is 0.403. The van der Waals surface area contributed by atoms with Crippen molar-refractivity contribution in [3.63, 3.8) is 0 Å². The summed E-state index contributed by atoms with van der Waals surface area (Å²) in [4.78, 5) is 4.03. The molecule has 1 saturated heterocycles. The molecule has 1 fully saturated rings. The van der Waals surface area contributed by atoms with Gasteiger partial charge in [-0.15, -0.1) is 0 Å². The van der Waals surface area contributed by atoms with Crippen LogP contribution in [0.1, 0.15) is 31.9 Å². The predicted octanol–water partition coefficient (Wildman–Crippen LogP) is 2.14. The van der Waals surface area contributed by atoms with E-state index in [1.165, 1.54) is 12.0 Å². The molecule has 0 aliphatic carbocycles. The lowest BCUT2D eigenvalue weighted by atomic mass is 9.89. The van der Waals surface area contributed by atoms with E-state index >= 15 is 0 Å². The molecule has 1 aliphatic rings. The first-order chi connectivity index (χ1) is 6.17. The Morgan fingerprint density at radius 1 is 1.38 bits per heavy atom. The van der Waals surface area contributed by atoms with Gasteiger partial charge in [0.2, 0.25) is 0 Å². The average Bonchev–Trinajstić information content (AvgIpc) is 2.48. The van der Waals surface area contributed by atoms with Gasteiger partial charge in [0.05, 0.1) is 0 Å². The van der Waals surface area contributed by atoms with Crippen LogP contribution in [0.3, 0.4) is 0 Å². The topological polar surface area (TPSA) is 24.9 Å². The highest BCUT2D eigenvalue weighted by Crippen LogP contribution is 2.35. The van der Waals surface area contributed by atoms with E-state index < -0.39 is 0 Å². The van der Waals surface area contributed by atoms with Crippen LogP contribution in [-0.2, 0) is 0 Å². The molecule has 13 heavy (non-hydrogen) atoms. The van der Waals surface area contributed by atoms with E-state index in [-0.39, 0.29) is 0 Å². The van der Waals surface area contributed by atoms with Crippen molar-refractivity contribution in [1.29, 1.82) is 0 Å². The molecule has 0 bridgehead atoms. The maximum absolute atomic E-state index is 4.03. The Morgan fingerprint density at radius 3 is 2.62 bits per heavy atom. The molecule has 0 saturated carbocycles. The molecule has 1 unspecified atom stereocenters. The first-order valence-electron chi connectivity index (χ1n) is 4.81. The summed E-state index contributed by atoms with van der Waals surface area (Å²) in [6.07, 6.45) is 4.95. The fourth-order valence-corrected chi connectivity index (χ4v) is 1.93. The third-order valence-electron chi connectivity index (χ3n) is 2.69. The van der Waals surface area contributed by atoms with E-state index in [2.05, 4.69) is 36.3 Å². The van der Waals surface area contributed by atoms with Crippen molar-refractivity contribution in [1.82, 2.24) is 10.3 Å². The van der Waals surface area contributed by atoms with E-state index in [0.29, 0.717) is 11.5 Å². The number of aromatic nitrogens is 1. The Morgan fingerprint density at radius 2 is 2.08 bits per heavy atom. The molecular weight excluding hydrogens is 160 g/mol. The fourth-order valence-electron chi connectivity index (χ4n) is 1.93. The molecule has 1 atom stereocenters. The van der Waals surface area contributed by atoms with Gasteiger partial charge in [0.1, 0.15) is 0 Å². The molecule has 70 valence electrons. The lowest BCUT2D eigenvalue weighted by Crippen LogP contribution is -2.16. The second-order valence-corrected chi connectivity index (χ2v) is 4.58. The van der Waals surface area contributed by atoms with Crippen molar-refractivity contribution in [2.24, 2.45) is 5.41 Å². The zero-order chi connectivity index (χ0) is 9.31. The van der Waals surface area contributed by atoms with E-state index in [4.69, 9.17) is 0 Å². The smallest absolute Gasteiger partial charge is 0.0327 e. The Labute approximate surface area is 79.4 Å². The molecule has 0 amide bonds. The van der Waals surface area contributed by atoms with Crippen molar-refractivity contribution < 1.29 is 0 Å². The van der Waals surface area contributed by atoms with Gasteiger partial charge in [0.15, 0.2) is 0 Å². The highest BCUT2D eigenvalue weighted by molar-refractivity contribution is 5.17. The lowest BCUT2D eigenvalue weighted by Gasteiger charge is -2.15. The summed E-state index contributed by atoms with van der Waals surface area (Å²) in [6.45, 7) is 5.72. The predicted molar refractivity (Wildman–Crippen MR) is 53.4 cm³/mol. The average molecular weight is 176 g/mol. The molecule has 0 spiro atoms. The molecule has 2 nitrogen and oxygen atoms in total. The third-order valence-corrected chi connectivity index (χ3v) is 2.69. The van der Waals surface area contributed by atoms with Crippen molar-refractivity contribution >= 4 is 0 Å². The molecule has 1 N–H and O–H groups in total. The van der Waals surface area contributed by atoms with Crippen molar-refractivity contribution in [3.05, 3.63) is 30.1 Å². The second kappa shape index (κ2) is 3.11. The normalized spacial score (nSPS) is 26.2. The maximum atomic E-state index is 4.03. The summed E-state index contributed by atoms with van der Waals surface area (Å²) >= 11 is 0. The first kappa shape index (κ1) is 8.70. The van der Waals surface area contributed by atoms with Gasteiger partial charge in [0.25, 0.3) is 0 Å². The van der Waals surface area contributed by atoms with Gasteiger partial charge >= 0.3 is 0 Å². The minimum absolute atomic E-state index is 0.438. The highest BCUT2D eigenvalue weighted by Gasteiger charge is 2.30. The Bertz CT molecular complexity index is 279. The quantitative estimate of drug-likeness (QED) is 0.709. The summed E-state index contributed by atoms with van der Waals surface area (Å²) in [5.74, 6) is 0. The van der Waals surface area contributed by atoms with E-state index in [1.807, 2.05) is 12.4 Å². The fraction of sp³-hybridized carbons (Fsp3) is 0.545. The third kappa shape index (κ3) is 1.89. The summed E-state index contributed by atoms with van der Waals surface area (Å²) in [6, 6.07) is 4.72.